The van der Waals surface area contributed by atoms with Gasteiger partial charge in [0.25, 0.3) is 47.8 Å². The third-order valence-electron chi connectivity index (χ3n) is 20.5. The van der Waals surface area contributed by atoms with Crippen molar-refractivity contribution in [1.82, 2.24) is 69.4 Å². The van der Waals surface area contributed by atoms with E-state index >= 15 is 0 Å². The van der Waals surface area contributed by atoms with E-state index < -0.39 is 132 Å². The number of amides is 5. The molecule has 5 amide bonds. The first-order valence-corrected chi connectivity index (χ1v) is 49.8. The molecule has 3 aliphatic rings. The third-order valence-corrected chi connectivity index (χ3v) is 26.1. The fraction of sp³-hybridized carbons (Fsp3) is 0.469. The standard InChI is InChI=1S/C27H35N5O6S.C27H33N5O6S.C15H18N2O4.C12H19N3O3S.I2/c2*1-16(2)14-20(31-27(35)25-18(4)24-22(38-25)8-7-13-29-24)26(34)30-19-11-10-17(3)32(15-21(19)33)39(36,37)23-9-5-6-12-28-23;1-8(2)7-10(15(19)20)17-14(18)13-9(3)12-11(21-13)5-4-6-16-12;1-9-5-6-10(13)11(16)8-15(9)19(17,18)12-4-2-3-7-14-12;1-2/h5-9,12-13,16-17,19-21,33H,10-11,14-15H2,1-4H3,(H,30,34)(H,31,35);5-9,12-13,16-17,19-20H,10-11,14-15H2,1-4H3,(H,30,34)(H,31,35);4-6,8,10H,7H2,1-3H3,(H,17,18)(H,19,20);2-4,7,9-11,16H,5-6,8,13H2,1H3;/t17-,19+,20+,21+;17-,19+,20+;10-;9-,10+,11+;/m1101./s1. The van der Waals surface area contributed by atoms with Crippen molar-refractivity contribution >= 4 is 142 Å². The average Bonchev–Trinajstić information content (AvgIpc) is 1.22. The van der Waals surface area contributed by atoms with Gasteiger partial charge in [-0.1, -0.05) is 59.7 Å². The molecule has 34 nitrogen and oxygen atoms in total. The molecule has 0 saturated carbocycles. The second-order valence-electron chi connectivity index (χ2n) is 30.9. The van der Waals surface area contributed by atoms with Gasteiger partial charge in [-0.3, -0.25) is 43.7 Å². The third kappa shape index (κ3) is 24.7. The molecule has 10 N–H and O–H groups in total. The molecule has 120 heavy (non-hydrogen) atoms. The number of nitrogens with two attached hydrogens (primary N) is 1. The number of carboxylic acid groups (broad SMARTS) is 1. The van der Waals surface area contributed by atoms with E-state index in [9.17, 15) is 69.0 Å². The number of rotatable bonds is 23. The molecule has 0 spiro atoms. The second-order valence-corrected chi connectivity index (χ2v) is 36.5. The number of hydrogen-bond donors (Lipinski definition) is 9. The molecule has 0 unspecified atom stereocenters. The quantitative estimate of drug-likeness (QED) is 0.0269. The van der Waals surface area contributed by atoms with Crippen LogP contribution in [0.4, 0.5) is 0 Å². The van der Waals surface area contributed by atoms with Crippen molar-refractivity contribution in [3.8, 4) is 0 Å². The van der Waals surface area contributed by atoms with Crippen molar-refractivity contribution in [2.45, 2.75) is 223 Å². The number of carboxylic acids is 1. The van der Waals surface area contributed by atoms with Gasteiger partial charge < -0.3 is 60.9 Å². The summed E-state index contributed by atoms with van der Waals surface area (Å²) in [6, 6.07) is 18.4. The number of carbonyl (C=O) groups excluding carboxylic acids is 6. The van der Waals surface area contributed by atoms with Crippen LogP contribution in [0.25, 0.3) is 33.3 Å². The van der Waals surface area contributed by atoms with Crippen molar-refractivity contribution in [1.29, 1.82) is 0 Å². The van der Waals surface area contributed by atoms with Crippen molar-refractivity contribution in [3.05, 3.63) is 162 Å². The van der Waals surface area contributed by atoms with Crippen LogP contribution in [0.2, 0.25) is 0 Å². The highest BCUT2D eigenvalue weighted by molar-refractivity contribution is 15.0. The molecule has 11 atom stereocenters. The summed E-state index contributed by atoms with van der Waals surface area (Å²) in [7, 11) is -11.6. The molecule has 3 fully saturated rings. The van der Waals surface area contributed by atoms with Crippen molar-refractivity contribution in [3.63, 3.8) is 0 Å². The number of fused-ring (bicyclic) bond motifs is 3. The maximum atomic E-state index is 13.4. The largest absolute Gasteiger partial charge is 0.480 e. The number of ketones is 1. The van der Waals surface area contributed by atoms with Gasteiger partial charge in [0, 0.05) is 128 Å². The zero-order valence-corrected chi connectivity index (χ0v) is 75.4. The number of furan rings is 3. The van der Waals surface area contributed by atoms with Gasteiger partial charge in [-0.2, -0.15) is 12.9 Å². The minimum absolute atomic E-state index is 0.00419. The topological polar surface area (TPSA) is 495 Å². The number of aliphatic carboxylic acids is 1. The molecule has 3 aliphatic heterocycles. The molecule has 0 radical (unpaired) electrons. The van der Waals surface area contributed by atoms with E-state index in [4.69, 9.17) is 24.1 Å². The van der Waals surface area contributed by atoms with Gasteiger partial charge in [0.2, 0.25) is 11.8 Å². The number of aryl methyl sites for hydroxylation is 3. The lowest BCUT2D eigenvalue weighted by Gasteiger charge is -2.28. The molecule has 12 heterocycles. The lowest BCUT2D eigenvalue weighted by Crippen LogP contribution is -2.54. The Morgan fingerprint density at radius 3 is 1.17 bits per heavy atom. The van der Waals surface area contributed by atoms with E-state index in [0.29, 0.717) is 101 Å². The Hall–Kier alpha value is -8.92. The molecule has 39 heteroatoms. The summed E-state index contributed by atoms with van der Waals surface area (Å²) in [5, 5.41) is 43.5. The minimum Gasteiger partial charge on any atom is -0.480 e. The van der Waals surface area contributed by atoms with E-state index in [1.165, 1.54) is 45.4 Å². The van der Waals surface area contributed by atoms with Gasteiger partial charge in [-0.25, -0.2) is 45.0 Å². The summed E-state index contributed by atoms with van der Waals surface area (Å²) in [6.45, 7) is 21.4. The van der Waals surface area contributed by atoms with E-state index in [0.717, 1.165) is 4.31 Å². The number of aliphatic hydroxyl groups excluding tert-OH is 2. The van der Waals surface area contributed by atoms with Crippen molar-refractivity contribution in [2.24, 2.45) is 23.5 Å². The SMILES string of the molecule is C[C@@H]1CC[C@H](N)[C@@H](O)CN1S(=O)(=O)c1ccccn1.Cc1c(C(=O)N[C@@H](CC(C)C)C(=O)N[C@H]2CC[C@@H](C)N(S(=O)(=O)c3ccccn3)CC2=O)oc2cccnc12.Cc1c(C(=O)N[C@@H](CC(C)C)C(=O)N[C@H]2CC[C@@H](C)N(S(=O)(=O)c3ccccn3)C[C@@H]2O)oc2cccnc12.Cc1c(C(=O)N[C@@H](CC(C)C)C(=O)O)oc2cccnc12.II. The molecule has 0 aromatic carbocycles. The Bertz CT molecular complexity index is 5360. The van der Waals surface area contributed by atoms with Crippen LogP contribution in [0.1, 0.15) is 168 Å². The molecule has 0 aliphatic carbocycles. The highest BCUT2D eigenvalue weighted by Gasteiger charge is 2.42. The number of Topliss-reactive ketones (excluding diaryl/α,β-unsaturated/α-hetero) is 1. The molecule has 9 aromatic heterocycles. The molecular formula is C81H105I2N15O19S3. The van der Waals surface area contributed by atoms with Crippen LogP contribution >= 0.6 is 37.2 Å². The van der Waals surface area contributed by atoms with E-state index in [2.05, 4.69) is 93.7 Å². The van der Waals surface area contributed by atoms with Crippen molar-refractivity contribution in [2.75, 3.05) is 19.6 Å². The average molecular weight is 1940 g/mol. The first kappa shape index (κ1) is 96.5. The Labute approximate surface area is 721 Å². The summed E-state index contributed by atoms with van der Waals surface area (Å²) in [4.78, 5) is 114. The number of carbonyl (C=O) groups is 7. The van der Waals surface area contributed by atoms with E-state index in [1.807, 2.05) is 48.5 Å². The van der Waals surface area contributed by atoms with Crippen molar-refractivity contribution < 1.29 is 87.4 Å². The Morgan fingerprint density at radius 1 is 0.467 bits per heavy atom. The lowest BCUT2D eigenvalue weighted by atomic mass is 10.0. The van der Waals surface area contributed by atoms with Crippen LogP contribution in [0.3, 0.4) is 0 Å². The highest BCUT2D eigenvalue weighted by Crippen LogP contribution is 2.31. The van der Waals surface area contributed by atoms with Crippen LogP contribution in [0.15, 0.2) is 157 Å². The van der Waals surface area contributed by atoms with Gasteiger partial charge in [-0.05, 0) is 190 Å². The fourth-order valence-corrected chi connectivity index (χ4v) is 18.7. The van der Waals surface area contributed by atoms with Crippen LogP contribution < -0.4 is 32.3 Å². The summed E-state index contributed by atoms with van der Waals surface area (Å²) < 4.78 is 98.3. The lowest BCUT2D eigenvalue weighted by molar-refractivity contribution is -0.139. The number of sulfonamides is 3. The Balaban J connectivity index is 0.000000207. The maximum absolute atomic E-state index is 13.4. The number of pyridine rings is 6. The second kappa shape index (κ2) is 43.7. The van der Waals surface area contributed by atoms with Gasteiger partial charge >= 0.3 is 5.97 Å². The van der Waals surface area contributed by atoms with Crippen LogP contribution in [-0.2, 0) is 49.2 Å². The van der Waals surface area contributed by atoms with E-state index in [-0.39, 0.29) is 81.7 Å². The van der Waals surface area contributed by atoms with Crippen LogP contribution in [-0.4, -0.2) is 211 Å². The monoisotopic (exact) mass is 1940 g/mol. The number of nitrogens with one attached hydrogen (secondary N) is 5. The van der Waals surface area contributed by atoms with Gasteiger partial charge in [-0.15, -0.1) is 0 Å². The molecule has 12 rings (SSSR count). The number of hydrogen-bond acceptors (Lipinski definition) is 25. The number of nitrogens with zero attached hydrogens (tertiary/aromatic N) is 9. The number of aromatic nitrogens is 6. The summed E-state index contributed by atoms with van der Waals surface area (Å²) >= 11 is 4.24. The van der Waals surface area contributed by atoms with Crippen LogP contribution in [0, 0.1) is 38.5 Å². The Morgan fingerprint density at radius 2 is 0.800 bits per heavy atom. The highest BCUT2D eigenvalue weighted by atomic mass is 128. The van der Waals surface area contributed by atoms with Gasteiger partial charge in [0.15, 0.2) is 54.9 Å². The predicted octanol–water partition coefficient (Wildman–Crippen LogP) is 9.08. The fourth-order valence-electron chi connectivity index (χ4n) is 13.9. The van der Waals surface area contributed by atoms with Gasteiger partial charge in [0.1, 0.15) is 34.7 Å². The predicted molar refractivity (Wildman–Crippen MR) is 463 cm³/mol. The smallest absolute Gasteiger partial charge is 0.326 e. The summed E-state index contributed by atoms with van der Waals surface area (Å²) in [5.41, 5.74) is 10.8. The normalized spacial score (nSPS) is 20.3. The Kier molecular flexibility index (Phi) is 35.2. The molecule has 650 valence electrons. The first-order chi connectivity index (χ1) is 56.8. The summed E-state index contributed by atoms with van der Waals surface area (Å²) in [5.74, 6) is -3.51. The molecule has 0 bridgehead atoms. The van der Waals surface area contributed by atoms with E-state index in [1.54, 1.807) is 126 Å². The number of β-amino-alcohol motifs (C(OH)–C–C–N with tert-alkyl or cyclic N) is 2. The zero-order valence-electron chi connectivity index (χ0n) is 68.6. The molecule has 3 saturated heterocycles. The summed E-state index contributed by atoms with van der Waals surface area (Å²) in [6.07, 6.45) is 10.7. The zero-order chi connectivity index (χ0) is 88.3. The number of aliphatic hydroxyl groups is 2. The molecular weight excluding hydrogens is 1840 g/mol. The maximum Gasteiger partial charge on any atom is 0.326 e. The minimum atomic E-state index is -4.00. The molecule has 9 aromatic rings. The van der Waals surface area contributed by atoms with Gasteiger partial charge in [0.05, 0.1) is 30.8 Å². The van der Waals surface area contributed by atoms with Crippen LogP contribution in [0.5, 0.6) is 0 Å². The first-order valence-electron chi connectivity index (χ1n) is 39.2. The number of halogens is 2.